The molecular formula is C19H26N4O4. The molecule has 0 aromatic heterocycles. The Balaban J connectivity index is 1.48. The van der Waals surface area contributed by atoms with E-state index in [0.29, 0.717) is 17.2 Å². The molecule has 2 aliphatic rings. The first-order valence-electron chi connectivity index (χ1n) is 9.25. The van der Waals surface area contributed by atoms with E-state index in [9.17, 15) is 14.4 Å². The summed E-state index contributed by atoms with van der Waals surface area (Å²) in [5.74, 6) is -0.729. The van der Waals surface area contributed by atoms with E-state index in [1.165, 1.54) is 12.8 Å². The van der Waals surface area contributed by atoms with Gasteiger partial charge in [-0.25, -0.2) is 4.79 Å². The van der Waals surface area contributed by atoms with E-state index < -0.39 is 11.9 Å². The maximum absolute atomic E-state index is 12.2. The molecule has 1 aromatic rings. The summed E-state index contributed by atoms with van der Waals surface area (Å²) >= 11 is 0. The third-order valence-corrected chi connectivity index (χ3v) is 5.11. The molecule has 2 aliphatic carbocycles. The number of benzene rings is 1. The highest BCUT2D eigenvalue weighted by molar-refractivity contribution is 5.96. The van der Waals surface area contributed by atoms with Gasteiger partial charge in [-0.3, -0.25) is 14.5 Å². The summed E-state index contributed by atoms with van der Waals surface area (Å²) < 4.78 is 0. The second-order valence-electron chi connectivity index (χ2n) is 7.64. The largest absolute Gasteiger partial charge is 0.480 e. The number of aryl methyl sites for hydroxylation is 1. The molecule has 0 atom stereocenters. The van der Waals surface area contributed by atoms with Gasteiger partial charge in [-0.1, -0.05) is 0 Å². The number of nitrogens with two attached hydrogens (primary N) is 1. The van der Waals surface area contributed by atoms with Gasteiger partial charge < -0.3 is 21.5 Å². The van der Waals surface area contributed by atoms with Gasteiger partial charge in [-0.2, -0.15) is 0 Å². The van der Waals surface area contributed by atoms with Crippen molar-refractivity contribution < 1.29 is 19.5 Å². The predicted octanol–water partition coefficient (Wildman–Crippen LogP) is 1.54. The molecular weight excluding hydrogens is 348 g/mol. The van der Waals surface area contributed by atoms with Crippen LogP contribution >= 0.6 is 0 Å². The quantitative estimate of drug-likeness (QED) is 0.549. The molecule has 5 N–H and O–H groups in total. The predicted molar refractivity (Wildman–Crippen MR) is 101 cm³/mol. The van der Waals surface area contributed by atoms with E-state index in [-0.39, 0.29) is 24.7 Å². The molecule has 2 fully saturated rings. The normalized spacial score (nSPS) is 21.4. The van der Waals surface area contributed by atoms with Crippen LogP contribution in [-0.4, -0.2) is 53.1 Å². The lowest BCUT2D eigenvalue weighted by Crippen LogP contribution is -2.55. The maximum atomic E-state index is 12.2. The second kappa shape index (κ2) is 7.96. The van der Waals surface area contributed by atoms with E-state index in [1.54, 1.807) is 18.2 Å². The topological polar surface area (TPSA) is 125 Å². The summed E-state index contributed by atoms with van der Waals surface area (Å²) in [6, 6.07) is 4.85. The number of aliphatic carboxylic acids is 1. The molecule has 0 saturated heterocycles. The first-order valence-corrected chi connectivity index (χ1v) is 9.25. The average Bonchev–Trinajstić information content (AvgIpc) is 3.32. The lowest BCUT2D eigenvalue weighted by atomic mass is 9.85. The highest BCUT2D eigenvalue weighted by atomic mass is 16.4. The number of carboxylic acids is 1. The number of primary amides is 1. The van der Waals surface area contributed by atoms with Gasteiger partial charge in [-0.15, -0.1) is 0 Å². The summed E-state index contributed by atoms with van der Waals surface area (Å²) in [4.78, 5) is 36.6. The number of amides is 3. The van der Waals surface area contributed by atoms with Gasteiger partial charge in [0.1, 0.15) is 0 Å². The van der Waals surface area contributed by atoms with Crippen LogP contribution in [0, 0.1) is 12.8 Å². The maximum Gasteiger partial charge on any atom is 0.319 e. The van der Waals surface area contributed by atoms with Crippen molar-refractivity contribution in [3.05, 3.63) is 29.3 Å². The van der Waals surface area contributed by atoms with E-state index in [2.05, 4.69) is 10.6 Å². The van der Waals surface area contributed by atoms with Crippen molar-refractivity contribution in [1.82, 2.24) is 10.2 Å². The fourth-order valence-corrected chi connectivity index (χ4v) is 3.50. The number of carboxylic acid groups (broad SMARTS) is 1. The third-order valence-electron chi connectivity index (χ3n) is 5.11. The molecule has 2 saturated carbocycles. The molecule has 3 amide bonds. The minimum absolute atomic E-state index is 0.0194. The van der Waals surface area contributed by atoms with Crippen molar-refractivity contribution in [3.8, 4) is 0 Å². The first kappa shape index (κ1) is 19.2. The van der Waals surface area contributed by atoms with Crippen molar-refractivity contribution >= 4 is 23.6 Å². The van der Waals surface area contributed by atoms with Gasteiger partial charge in [0.25, 0.3) is 0 Å². The number of nitrogens with one attached hydrogen (secondary N) is 2. The summed E-state index contributed by atoms with van der Waals surface area (Å²) in [7, 11) is 0. The van der Waals surface area contributed by atoms with E-state index in [1.807, 2.05) is 11.8 Å². The number of hydrogen-bond acceptors (Lipinski definition) is 4. The summed E-state index contributed by atoms with van der Waals surface area (Å²) in [5.41, 5.74) is 6.98. The Morgan fingerprint density at radius 1 is 1.22 bits per heavy atom. The first-order chi connectivity index (χ1) is 12.8. The fourth-order valence-electron chi connectivity index (χ4n) is 3.50. The standard InChI is InChI=1S/C19H26N4O4/c1-11-4-13(18(20)26)6-14(5-11)21-19(27)22-15-7-16(8-15)23(10-17(24)25)9-12-2-3-12/h4-6,12,15-16H,2-3,7-10H2,1H3,(H2,20,26)(H,24,25)(H2,21,22,27). The van der Waals surface area contributed by atoms with Crippen LogP contribution in [0.25, 0.3) is 0 Å². The summed E-state index contributed by atoms with van der Waals surface area (Å²) in [5, 5.41) is 14.7. The van der Waals surface area contributed by atoms with E-state index in [0.717, 1.165) is 24.9 Å². The number of nitrogens with zero attached hydrogens (tertiary/aromatic N) is 1. The average molecular weight is 374 g/mol. The Morgan fingerprint density at radius 2 is 1.93 bits per heavy atom. The van der Waals surface area contributed by atoms with Crippen molar-refractivity contribution in [2.75, 3.05) is 18.4 Å². The van der Waals surface area contributed by atoms with Gasteiger partial charge in [0, 0.05) is 29.9 Å². The lowest BCUT2D eigenvalue weighted by molar-refractivity contribution is -0.139. The van der Waals surface area contributed by atoms with Crippen LogP contribution in [0.4, 0.5) is 10.5 Å². The van der Waals surface area contributed by atoms with Crippen molar-refractivity contribution in [2.45, 2.75) is 44.7 Å². The molecule has 8 nitrogen and oxygen atoms in total. The van der Waals surface area contributed by atoms with E-state index >= 15 is 0 Å². The molecule has 0 unspecified atom stereocenters. The van der Waals surface area contributed by atoms with Crippen molar-refractivity contribution in [3.63, 3.8) is 0 Å². The highest BCUT2D eigenvalue weighted by Gasteiger charge is 2.37. The van der Waals surface area contributed by atoms with Crippen molar-refractivity contribution in [1.29, 1.82) is 0 Å². The molecule has 1 aromatic carbocycles. The van der Waals surface area contributed by atoms with E-state index in [4.69, 9.17) is 10.8 Å². The molecule has 27 heavy (non-hydrogen) atoms. The minimum Gasteiger partial charge on any atom is -0.480 e. The molecule has 0 spiro atoms. The monoisotopic (exact) mass is 374 g/mol. The van der Waals surface area contributed by atoms with Gasteiger partial charge >= 0.3 is 12.0 Å². The SMILES string of the molecule is Cc1cc(NC(=O)NC2CC(N(CC(=O)O)CC3CC3)C2)cc(C(N)=O)c1. The number of anilines is 1. The second-order valence-corrected chi connectivity index (χ2v) is 7.64. The van der Waals surface area contributed by atoms with Crippen LogP contribution in [0.5, 0.6) is 0 Å². The van der Waals surface area contributed by atoms with Crippen LogP contribution in [0.1, 0.15) is 41.6 Å². The third kappa shape index (κ3) is 5.43. The summed E-state index contributed by atoms with van der Waals surface area (Å²) in [6.07, 6.45) is 3.84. The Labute approximate surface area is 158 Å². The highest BCUT2D eigenvalue weighted by Crippen LogP contribution is 2.33. The molecule has 3 rings (SSSR count). The number of carbonyl (C=O) groups excluding carboxylic acids is 2. The van der Waals surface area contributed by atoms with Crippen LogP contribution in [-0.2, 0) is 4.79 Å². The lowest BCUT2D eigenvalue weighted by Gasteiger charge is -2.42. The van der Waals surface area contributed by atoms with Crippen LogP contribution in [0.15, 0.2) is 18.2 Å². The van der Waals surface area contributed by atoms with Gasteiger partial charge in [0.05, 0.1) is 6.54 Å². The minimum atomic E-state index is -0.811. The Hall–Kier alpha value is -2.61. The molecule has 0 heterocycles. The van der Waals surface area contributed by atoms with Crippen LogP contribution in [0.2, 0.25) is 0 Å². The molecule has 0 aliphatic heterocycles. The zero-order valence-corrected chi connectivity index (χ0v) is 15.4. The zero-order chi connectivity index (χ0) is 19.6. The Morgan fingerprint density at radius 3 is 2.52 bits per heavy atom. The summed E-state index contributed by atoms with van der Waals surface area (Å²) in [6.45, 7) is 2.71. The van der Waals surface area contributed by atoms with Gasteiger partial charge in [0.15, 0.2) is 0 Å². The van der Waals surface area contributed by atoms with Crippen LogP contribution < -0.4 is 16.4 Å². The smallest absolute Gasteiger partial charge is 0.319 e. The Bertz CT molecular complexity index is 741. The molecule has 146 valence electrons. The number of carbonyl (C=O) groups is 3. The number of hydrogen-bond donors (Lipinski definition) is 4. The zero-order valence-electron chi connectivity index (χ0n) is 15.4. The van der Waals surface area contributed by atoms with Crippen LogP contribution in [0.3, 0.4) is 0 Å². The van der Waals surface area contributed by atoms with Gasteiger partial charge in [0.2, 0.25) is 5.91 Å². The number of urea groups is 1. The van der Waals surface area contributed by atoms with Gasteiger partial charge in [-0.05, 0) is 62.3 Å². The Kier molecular flexibility index (Phi) is 5.65. The molecule has 0 bridgehead atoms. The number of rotatable bonds is 8. The fraction of sp³-hybridized carbons (Fsp3) is 0.526. The van der Waals surface area contributed by atoms with Crippen molar-refractivity contribution in [2.24, 2.45) is 11.7 Å². The molecule has 8 heteroatoms. The molecule has 0 radical (unpaired) electrons.